The van der Waals surface area contributed by atoms with Crippen molar-refractivity contribution in [2.45, 2.75) is 0 Å². The van der Waals surface area contributed by atoms with Crippen LogP contribution in [0.15, 0.2) is 30.3 Å². The van der Waals surface area contributed by atoms with Crippen molar-refractivity contribution in [2.24, 2.45) is 0 Å². The first-order valence-electron chi connectivity index (χ1n) is 4.49. The number of nitriles is 1. The first kappa shape index (κ1) is 10.9. The van der Waals surface area contributed by atoms with E-state index in [0.29, 0.717) is 15.5 Å². The van der Waals surface area contributed by atoms with Gasteiger partial charge in [0.05, 0.1) is 15.5 Å². The summed E-state index contributed by atoms with van der Waals surface area (Å²) < 4.78 is 0. The van der Waals surface area contributed by atoms with Crippen LogP contribution in [0.4, 0.5) is 0 Å². The number of rotatable bonds is 2. The van der Waals surface area contributed by atoms with Crippen LogP contribution in [0.2, 0.25) is 5.02 Å². The third-order valence-electron chi connectivity index (χ3n) is 2.12. The van der Waals surface area contributed by atoms with Crippen LogP contribution in [0.1, 0.15) is 15.2 Å². The Morgan fingerprint density at radius 2 is 2.12 bits per heavy atom. The molecule has 78 valence electrons. The zero-order valence-corrected chi connectivity index (χ0v) is 9.68. The van der Waals surface area contributed by atoms with Crippen molar-refractivity contribution in [3.63, 3.8) is 0 Å². The van der Waals surface area contributed by atoms with E-state index in [4.69, 9.17) is 16.9 Å². The van der Waals surface area contributed by atoms with Crippen molar-refractivity contribution in [3.05, 3.63) is 45.8 Å². The molecule has 0 N–H and O–H groups in total. The Kier molecular flexibility index (Phi) is 3.04. The summed E-state index contributed by atoms with van der Waals surface area (Å²) in [4.78, 5) is 12.2. The molecule has 1 heterocycles. The Bertz CT molecular complexity index is 583. The minimum absolute atomic E-state index is 0.432. The summed E-state index contributed by atoms with van der Waals surface area (Å²) in [6.07, 6.45) is 0.819. The van der Waals surface area contributed by atoms with E-state index in [0.717, 1.165) is 16.7 Å². The van der Waals surface area contributed by atoms with Crippen molar-refractivity contribution >= 4 is 29.2 Å². The average molecular weight is 248 g/mol. The predicted octanol–water partition coefficient (Wildman–Crippen LogP) is 3.75. The highest BCUT2D eigenvalue weighted by Crippen LogP contribution is 2.30. The summed E-state index contributed by atoms with van der Waals surface area (Å²) >= 11 is 7.33. The number of carbonyl (C=O) groups is 1. The Labute approximate surface area is 102 Å². The third kappa shape index (κ3) is 1.99. The van der Waals surface area contributed by atoms with Gasteiger partial charge in [0.25, 0.3) is 0 Å². The van der Waals surface area contributed by atoms with Crippen molar-refractivity contribution < 1.29 is 4.79 Å². The molecule has 1 aromatic carbocycles. The summed E-state index contributed by atoms with van der Waals surface area (Å²) in [5.74, 6) is 0. The second kappa shape index (κ2) is 4.48. The summed E-state index contributed by atoms with van der Waals surface area (Å²) in [7, 11) is 0. The van der Waals surface area contributed by atoms with E-state index >= 15 is 0 Å². The lowest BCUT2D eigenvalue weighted by Crippen LogP contribution is -1.78. The highest BCUT2D eigenvalue weighted by molar-refractivity contribution is 7.17. The van der Waals surface area contributed by atoms with Crippen molar-refractivity contribution in [2.75, 3.05) is 0 Å². The molecule has 0 radical (unpaired) electrons. The van der Waals surface area contributed by atoms with E-state index in [1.807, 2.05) is 18.2 Å². The first-order valence-corrected chi connectivity index (χ1v) is 5.69. The van der Waals surface area contributed by atoms with E-state index in [1.165, 1.54) is 11.3 Å². The third-order valence-corrected chi connectivity index (χ3v) is 3.49. The summed E-state index contributed by atoms with van der Waals surface area (Å²) in [5.41, 5.74) is 1.37. The van der Waals surface area contributed by atoms with Gasteiger partial charge in [0.2, 0.25) is 0 Å². The fourth-order valence-electron chi connectivity index (χ4n) is 1.33. The van der Waals surface area contributed by atoms with Gasteiger partial charge in [0, 0.05) is 4.88 Å². The largest absolute Gasteiger partial charge is 0.297 e. The number of thiophene rings is 1. The van der Waals surface area contributed by atoms with Gasteiger partial charge in [0.15, 0.2) is 6.29 Å². The smallest absolute Gasteiger partial charge is 0.160 e. The van der Waals surface area contributed by atoms with Gasteiger partial charge in [-0.1, -0.05) is 17.7 Å². The zero-order valence-electron chi connectivity index (χ0n) is 8.11. The lowest BCUT2D eigenvalue weighted by atomic mass is 10.1. The molecule has 16 heavy (non-hydrogen) atoms. The molecule has 0 amide bonds. The van der Waals surface area contributed by atoms with E-state index in [-0.39, 0.29) is 0 Å². The maximum Gasteiger partial charge on any atom is 0.160 e. The monoisotopic (exact) mass is 247 g/mol. The molecule has 4 heteroatoms. The van der Waals surface area contributed by atoms with Gasteiger partial charge in [-0.3, -0.25) is 4.79 Å². The minimum atomic E-state index is 0.432. The molecular formula is C12H6ClNOS. The Balaban J connectivity index is 2.45. The van der Waals surface area contributed by atoms with E-state index in [9.17, 15) is 4.79 Å². The van der Waals surface area contributed by atoms with Crippen LogP contribution in [0, 0.1) is 11.3 Å². The molecule has 0 fully saturated rings. The summed E-state index contributed by atoms with van der Waals surface area (Å²) in [6, 6.07) is 10.9. The van der Waals surface area contributed by atoms with Crippen LogP contribution in [0.3, 0.4) is 0 Å². The number of carbonyl (C=O) groups excluding carboxylic acids is 1. The Hall–Kier alpha value is -1.63. The van der Waals surface area contributed by atoms with Crippen LogP contribution in [0.25, 0.3) is 10.4 Å². The van der Waals surface area contributed by atoms with Gasteiger partial charge in [-0.2, -0.15) is 5.26 Å². The SMILES string of the molecule is N#Cc1ccc(-c2ccc(C=O)s2)cc1Cl. The first-order chi connectivity index (χ1) is 7.74. The molecule has 0 saturated heterocycles. The minimum Gasteiger partial charge on any atom is -0.297 e. The number of aldehydes is 1. The highest BCUT2D eigenvalue weighted by atomic mass is 35.5. The molecule has 2 nitrogen and oxygen atoms in total. The molecule has 0 saturated carbocycles. The maximum atomic E-state index is 10.6. The normalized spacial score (nSPS) is 9.75. The van der Waals surface area contributed by atoms with Gasteiger partial charge >= 0.3 is 0 Å². The zero-order chi connectivity index (χ0) is 11.5. The van der Waals surface area contributed by atoms with Gasteiger partial charge in [0.1, 0.15) is 6.07 Å². The summed E-state index contributed by atoms with van der Waals surface area (Å²) in [5, 5.41) is 9.18. The molecule has 0 unspecified atom stereocenters. The van der Waals surface area contributed by atoms with Crippen LogP contribution in [-0.2, 0) is 0 Å². The number of hydrogen-bond acceptors (Lipinski definition) is 3. The molecule has 1 aromatic heterocycles. The Morgan fingerprint density at radius 3 is 2.69 bits per heavy atom. The number of nitrogens with zero attached hydrogens (tertiary/aromatic N) is 1. The molecule has 0 bridgehead atoms. The van der Waals surface area contributed by atoms with Crippen molar-refractivity contribution in [3.8, 4) is 16.5 Å². The fraction of sp³-hybridized carbons (Fsp3) is 0. The van der Waals surface area contributed by atoms with Gasteiger partial charge in [-0.25, -0.2) is 0 Å². The molecule has 0 aliphatic rings. The number of halogens is 1. The second-order valence-corrected chi connectivity index (χ2v) is 4.65. The van der Waals surface area contributed by atoms with E-state index < -0.39 is 0 Å². The van der Waals surface area contributed by atoms with Crippen molar-refractivity contribution in [1.82, 2.24) is 0 Å². The molecule has 2 aromatic rings. The maximum absolute atomic E-state index is 10.6. The molecular weight excluding hydrogens is 242 g/mol. The van der Waals surface area contributed by atoms with E-state index in [1.54, 1.807) is 18.2 Å². The van der Waals surface area contributed by atoms with Crippen LogP contribution < -0.4 is 0 Å². The average Bonchev–Trinajstić information content (AvgIpc) is 2.77. The van der Waals surface area contributed by atoms with E-state index in [2.05, 4.69) is 0 Å². The molecule has 0 spiro atoms. The standard InChI is InChI=1S/C12H6ClNOS/c13-11-5-8(1-2-9(11)6-14)12-4-3-10(7-15)16-12/h1-5,7H. The fourth-order valence-corrected chi connectivity index (χ4v) is 2.37. The Morgan fingerprint density at radius 1 is 1.31 bits per heavy atom. The van der Waals surface area contributed by atoms with Gasteiger partial charge < -0.3 is 0 Å². The highest BCUT2D eigenvalue weighted by Gasteiger charge is 2.05. The van der Waals surface area contributed by atoms with Crippen molar-refractivity contribution in [1.29, 1.82) is 5.26 Å². The van der Waals surface area contributed by atoms with Crippen LogP contribution in [-0.4, -0.2) is 6.29 Å². The number of hydrogen-bond donors (Lipinski definition) is 0. The summed E-state index contributed by atoms with van der Waals surface area (Å²) in [6.45, 7) is 0. The lowest BCUT2D eigenvalue weighted by molar-refractivity contribution is 0.112. The van der Waals surface area contributed by atoms with Gasteiger partial charge in [-0.05, 0) is 29.8 Å². The molecule has 2 rings (SSSR count). The quantitative estimate of drug-likeness (QED) is 0.759. The molecule has 0 aliphatic heterocycles. The molecule has 0 aliphatic carbocycles. The number of benzene rings is 1. The predicted molar refractivity (Wildman–Crippen MR) is 64.9 cm³/mol. The second-order valence-electron chi connectivity index (χ2n) is 3.13. The van der Waals surface area contributed by atoms with Gasteiger partial charge in [-0.15, -0.1) is 11.3 Å². The topological polar surface area (TPSA) is 40.9 Å². The molecule has 0 atom stereocenters. The van der Waals surface area contributed by atoms with Crippen LogP contribution >= 0.6 is 22.9 Å². The lowest BCUT2D eigenvalue weighted by Gasteiger charge is -1.99. The van der Waals surface area contributed by atoms with Crippen LogP contribution in [0.5, 0.6) is 0 Å².